The number of hydrogen-bond donors (Lipinski definition) is 3. The van der Waals surface area contributed by atoms with E-state index in [1.54, 1.807) is 4.90 Å². The van der Waals surface area contributed by atoms with Crippen molar-refractivity contribution in [1.82, 2.24) is 10.2 Å². The molecule has 1 aliphatic rings. The molecule has 3 rings (SSSR count). The van der Waals surface area contributed by atoms with Crippen LogP contribution in [0.25, 0.3) is 0 Å². The maximum absolute atomic E-state index is 13.2. The van der Waals surface area contributed by atoms with Crippen LogP contribution in [0.5, 0.6) is 0 Å². The Morgan fingerprint density at radius 3 is 2.57 bits per heavy atom. The molecule has 160 valence electrons. The Labute approximate surface area is 180 Å². The van der Waals surface area contributed by atoms with Crippen LogP contribution in [0.1, 0.15) is 48.0 Å². The number of aryl methyl sites for hydroxylation is 1. The number of urea groups is 1. The number of carbonyl (C=O) groups excluding carboxylic acids is 3. The largest absolute Gasteiger partial charge is 0.354 e. The lowest BCUT2D eigenvalue weighted by molar-refractivity contribution is -0.120. The number of nitrogens with zero attached hydrogens (tertiary/aromatic N) is 1. The van der Waals surface area contributed by atoms with Crippen molar-refractivity contribution in [2.75, 3.05) is 30.3 Å². The van der Waals surface area contributed by atoms with E-state index >= 15 is 0 Å². The van der Waals surface area contributed by atoms with E-state index in [0.29, 0.717) is 35.9 Å². The summed E-state index contributed by atoms with van der Waals surface area (Å²) < 4.78 is 0. The molecule has 1 saturated heterocycles. The fourth-order valence-electron chi connectivity index (χ4n) is 3.12. The summed E-state index contributed by atoms with van der Waals surface area (Å²) in [5.74, 6) is -0.230. The topological polar surface area (TPSA) is 90.5 Å². The second kappa shape index (κ2) is 8.87. The van der Waals surface area contributed by atoms with Crippen LogP contribution in [0.3, 0.4) is 0 Å². The number of carbonyl (C=O) groups is 3. The molecule has 1 aliphatic heterocycles. The molecule has 1 fully saturated rings. The SMILES string of the molecule is Cc1ccccc1NC(=O)Nc1sc(C(C)(C)C)cc1C(=O)N1CCNC(=O)CC1. The van der Waals surface area contributed by atoms with Crippen LogP contribution < -0.4 is 16.0 Å². The number of thiophene rings is 1. The number of anilines is 2. The van der Waals surface area contributed by atoms with E-state index in [1.165, 1.54) is 11.3 Å². The summed E-state index contributed by atoms with van der Waals surface area (Å²) in [5, 5.41) is 9.00. The molecule has 4 amide bonds. The molecule has 0 bridgehead atoms. The first-order valence-electron chi connectivity index (χ1n) is 9.99. The molecule has 0 aliphatic carbocycles. The summed E-state index contributed by atoms with van der Waals surface area (Å²) in [4.78, 5) is 40.2. The van der Waals surface area contributed by atoms with Gasteiger partial charge in [0.2, 0.25) is 5.91 Å². The number of nitrogens with one attached hydrogen (secondary N) is 3. The fourth-order valence-corrected chi connectivity index (χ4v) is 4.23. The number of benzene rings is 1. The molecule has 0 saturated carbocycles. The molecular weight excluding hydrogens is 400 g/mol. The second-order valence-electron chi connectivity index (χ2n) is 8.39. The van der Waals surface area contributed by atoms with E-state index < -0.39 is 6.03 Å². The Bertz CT molecular complexity index is 962. The molecular formula is C22H28N4O3S. The predicted molar refractivity (Wildman–Crippen MR) is 120 cm³/mol. The third-order valence-electron chi connectivity index (χ3n) is 4.92. The van der Waals surface area contributed by atoms with Crippen molar-refractivity contribution in [2.45, 2.75) is 39.5 Å². The number of rotatable bonds is 3. The van der Waals surface area contributed by atoms with E-state index in [2.05, 4.69) is 36.7 Å². The minimum absolute atomic E-state index is 0.0537. The number of amides is 4. The smallest absolute Gasteiger partial charge is 0.324 e. The molecule has 8 heteroatoms. The quantitative estimate of drug-likeness (QED) is 0.691. The Kier molecular flexibility index (Phi) is 6.45. The zero-order valence-corrected chi connectivity index (χ0v) is 18.6. The highest BCUT2D eigenvalue weighted by atomic mass is 32.1. The molecule has 3 N–H and O–H groups in total. The van der Waals surface area contributed by atoms with Crippen LogP contribution in [-0.2, 0) is 10.2 Å². The summed E-state index contributed by atoms with van der Waals surface area (Å²) in [6.07, 6.45) is 0.276. The van der Waals surface area contributed by atoms with Crippen molar-refractivity contribution in [3.05, 3.63) is 46.3 Å². The first-order chi connectivity index (χ1) is 14.1. The average molecular weight is 429 g/mol. The summed E-state index contributed by atoms with van der Waals surface area (Å²) in [6, 6.07) is 8.98. The molecule has 0 unspecified atom stereocenters. The van der Waals surface area contributed by atoms with Crippen molar-refractivity contribution >= 4 is 39.9 Å². The minimum atomic E-state index is -0.395. The Morgan fingerprint density at radius 1 is 1.13 bits per heavy atom. The van der Waals surface area contributed by atoms with Gasteiger partial charge < -0.3 is 15.5 Å². The van der Waals surface area contributed by atoms with Gasteiger partial charge in [0.05, 0.1) is 5.56 Å². The summed E-state index contributed by atoms with van der Waals surface area (Å²) in [6.45, 7) is 9.36. The molecule has 7 nitrogen and oxygen atoms in total. The fraction of sp³-hybridized carbons (Fsp3) is 0.409. The van der Waals surface area contributed by atoms with Gasteiger partial charge in [0.25, 0.3) is 5.91 Å². The van der Waals surface area contributed by atoms with Crippen LogP contribution >= 0.6 is 11.3 Å². The molecule has 2 heterocycles. The lowest BCUT2D eigenvalue weighted by atomic mass is 9.94. The van der Waals surface area contributed by atoms with Gasteiger partial charge in [-0.15, -0.1) is 11.3 Å². The van der Waals surface area contributed by atoms with Crippen molar-refractivity contribution in [2.24, 2.45) is 0 Å². The summed E-state index contributed by atoms with van der Waals surface area (Å²) in [7, 11) is 0. The van der Waals surface area contributed by atoms with Gasteiger partial charge in [0.15, 0.2) is 0 Å². The van der Waals surface area contributed by atoms with E-state index in [0.717, 1.165) is 10.4 Å². The van der Waals surface area contributed by atoms with Gasteiger partial charge in [0.1, 0.15) is 5.00 Å². The van der Waals surface area contributed by atoms with E-state index in [4.69, 9.17) is 0 Å². The zero-order chi connectivity index (χ0) is 21.9. The molecule has 0 spiro atoms. The molecule has 0 atom stereocenters. The lowest BCUT2D eigenvalue weighted by Gasteiger charge is -2.20. The standard InChI is InChI=1S/C22H28N4O3S/c1-14-7-5-6-8-16(14)24-21(29)25-19-15(13-17(30-19)22(2,3)4)20(28)26-11-9-18(27)23-10-12-26/h5-8,13H,9-12H2,1-4H3,(H,23,27)(H2,24,25,29). The first kappa shape index (κ1) is 21.8. The molecule has 2 aromatic rings. The van der Waals surface area contributed by atoms with Gasteiger partial charge in [-0.25, -0.2) is 4.79 Å². The van der Waals surface area contributed by atoms with Gasteiger partial charge in [-0.05, 0) is 30.0 Å². The highest BCUT2D eigenvalue weighted by molar-refractivity contribution is 7.16. The van der Waals surface area contributed by atoms with Gasteiger partial charge >= 0.3 is 6.03 Å². The number of para-hydroxylation sites is 1. The average Bonchev–Trinajstić information content (AvgIpc) is 2.97. The highest BCUT2D eigenvalue weighted by Crippen LogP contribution is 2.37. The molecule has 1 aromatic carbocycles. The van der Waals surface area contributed by atoms with E-state index in [9.17, 15) is 14.4 Å². The Morgan fingerprint density at radius 2 is 1.87 bits per heavy atom. The number of hydrogen-bond acceptors (Lipinski definition) is 4. The van der Waals surface area contributed by atoms with Gasteiger partial charge in [-0.1, -0.05) is 39.0 Å². The third-order valence-corrected chi connectivity index (χ3v) is 6.40. The van der Waals surface area contributed by atoms with Crippen LogP contribution in [-0.4, -0.2) is 42.4 Å². The van der Waals surface area contributed by atoms with Crippen molar-refractivity contribution in [1.29, 1.82) is 0 Å². The monoisotopic (exact) mass is 428 g/mol. The van der Waals surface area contributed by atoms with E-state index in [1.807, 2.05) is 37.3 Å². The molecule has 0 radical (unpaired) electrons. The maximum atomic E-state index is 13.2. The molecule has 30 heavy (non-hydrogen) atoms. The van der Waals surface area contributed by atoms with Crippen molar-refractivity contribution < 1.29 is 14.4 Å². The predicted octanol–water partition coefficient (Wildman–Crippen LogP) is 3.96. The second-order valence-corrected chi connectivity index (χ2v) is 9.44. The minimum Gasteiger partial charge on any atom is -0.354 e. The first-order valence-corrected chi connectivity index (χ1v) is 10.8. The van der Waals surface area contributed by atoms with Gasteiger partial charge in [-0.2, -0.15) is 0 Å². The van der Waals surface area contributed by atoms with Crippen molar-refractivity contribution in [3.63, 3.8) is 0 Å². The van der Waals surface area contributed by atoms with Crippen LogP contribution in [0.15, 0.2) is 30.3 Å². The van der Waals surface area contributed by atoms with Crippen LogP contribution in [0.2, 0.25) is 0 Å². The normalized spacial score (nSPS) is 14.7. The maximum Gasteiger partial charge on any atom is 0.324 e. The lowest BCUT2D eigenvalue weighted by Crippen LogP contribution is -2.34. The van der Waals surface area contributed by atoms with Crippen LogP contribution in [0.4, 0.5) is 15.5 Å². The highest BCUT2D eigenvalue weighted by Gasteiger charge is 2.27. The Balaban J connectivity index is 1.84. The van der Waals surface area contributed by atoms with Crippen LogP contribution in [0, 0.1) is 6.92 Å². The molecule has 1 aromatic heterocycles. The summed E-state index contributed by atoms with van der Waals surface area (Å²) in [5.41, 5.74) is 1.96. The van der Waals surface area contributed by atoms with E-state index in [-0.39, 0.29) is 23.7 Å². The zero-order valence-electron chi connectivity index (χ0n) is 17.8. The van der Waals surface area contributed by atoms with Gasteiger partial charge in [0, 0.05) is 36.6 Å². The summed E-state index contributed by atoms with van der Waals surface area (Å²) >= 11 is 1.41. The third kappa shape index (κ3) is 5.18. The van der Waals surface area contributed by atoms with Crippen molar-refractivity contribution in [3.8, 4) is 0 Å². The Hall–Kier alpha value is -2.87. The van der Waals surface area contributed by atoms with Gasteiger partial charge in [-0.3, -0.25) is 14.9 Å².